The van der Waals surface area contributed by atoms with Gasteiger partial charge in [0.1, 0.15) is 5.75 Å². The Morgan fingerprint density at radius 3 is 2.56 bits per heavy atom. The molecule has 0 aliphatic carbocycles. The molecule has 2 heterocycles. The van der Waals surface area contributed by atoms with Crippen LogP contribution in [-0.2, 0) is 6.54 Å². The van der Waals surface area contributed by atoms with Crippen LogP contribution < -0.4 is 4.74 Å². The second-order valence-electron chi connectivity index (χ2n) is 8.42. The maximum Gasteiger partial charge on any atom is 0.185 e. The molecule has 0 saturated carbocycles. The van der Waals surface area contributed by atoms with Gasteiger partial charge in [0.15, 0.2) is 5.78 Å². The van der Waals surface area contributed by atoms with Crippen LogP contribution in [0.2, 0.25) is 0 Å². The van der Waals surface area contributed by atoms with Crippen LogP contribution in [-0.4, -0.2) is 52.7 Å². The van der Waals surface area contributed by atoms with Gasteiger partial charge in [-0.25, -0.2) is 0 Å². The first kappa shape index (κ1) is 22.3. The van der Waals surface area contributed by atoms with Gasteiger partial charge in [0.25, 0.3) is 0 Å². The average Bonchev–Trinajstić information content (AvgIpc) is 3.16. The zero-order valence-corrected chi connectivity index (χ0v) is 18.7. The largest absolute Gasteiger partial charge is 0.494 e. The Morgan fingerprint density at radius 1 is 1.06 bits per heavy atom. The molecule has 2 aromatic carbocycles. The van der Waals surface area contributed by atoms with Gasteiger partial charge in [-0.2, -0.15) is 0 Å². The van der Waals surface area contributed by atoms with Gasteiger partial charge in [-0.1, -0.05) is 24.6 Å². The number of nitrogens with zero attached hydrogens (tertiary/aromatic N) is 2. The Hall–Kier alpha value is -2.89. The van der Waals surface area contributed by atoms with Crippen LogP contribution >= 0.6 is 0 Å². The molecule has 1 atom stereocenters. The van der Waals surface area contributed by atoms with Crippen molar-refractivity contribution in [1.82, 2.24) is 9.47 Å². The van der Waals surface area contributed by atoms with Gasteiger partial charge in [-0.05, 0) is 75.3 Å². The number of para-hydroxylation sites is 1. The normalized spacial score (nSPS) is 15.9. The third kappa shape index (κ3) is 5.47. The minimum absolute atomic E-state index is 0.0463. The van der Waals surface area contributed by atoms with E-state index in [2.05, 4.69) is 21.6 Å². The number of aliphatic hydroxyl groups is 1. The van der Waals surface area contributed by atoms with Crippen LogP contribution in [0.3, 0.4) is 0 Å². The number of rotatable bonds is 9. The molecule has 0 spiro atoms. The lowest BCUT2D eigenvalue weighted by Gasteiger charge is -2.28. The van der Waals surface area contributed by atoms with Gasteiger partial charge < -0.3 is 19.3 Å². The lowest BCUT2D eigenvalue weighted by Crippen LogP contribution is -2.37. The number of fused-ring (bicyclic) bond motifs is 1. The maximum atomic E-state index is 12.6. The summed E-state index contributed by atoms with van der Waals surface area (Å²) in [5.41, 5.74) is 2.67. The summed E-state index contributed by atoms with van der Waals surface area (Å²) in [7, 11) is 0. The molecular weight excluding hydrogens is 400 g/mol. The number of ether oxygens (including phenoxy) is 1. The molecule has 0 bridgehead atoms. The molecular formula is C27H32N2O3. The number of hydrogen-bond donors (Lipinski definition) is 1. The summed E-state index contributed by atoms with van der Waals surface area (Å²) in [6, 6.07) is 15.4. The molecule has 1 saturated heterocycles. The third-order valence-electron chi connectivity index (χ3n) is 6.01. The molecule has 0 amide bonds. The Labute approximate surface area is 189 Å². The number of hydrogen-bond acceptors (Lipinski definition) is 4. The van der Waals surface area contributed by atoms with Crippen LogP contribution in [0.5, 0.6) is 5.75 Å². The quantitative estimate of drug-likeness (QED) is 0.390. The molecule has 1 N–H and O–H groups in total. The number of aliphatic hydroxyl groups excluding tert-OH is 1. The first-order valence-electron chi connectivity index (χ1n) is 11.6. The number of carbonyl (C=O) groups excluding carboxylic acids is 1. The highest BCUT2D eigenvalue weighted by atomic mass is 16.5. The van der Waals surface area contributed by atoms with Crippen molar-refractivity contribution in [3.05, 3.63) is 71.9 Å². The Balaban J connectivity index is 1.48. The summed E-state index contributed by atoms with van der Waals surface area (Å²) in [5, 5.41) is 11.8. The Bertz CT molecular complexity index is 1060. The van der Waals surface area contributed by atoms with Gasteiger partial charge in [0, 0.05) is 41.3 Å². The number of allylic oxidation sites excluding steroid dienone is 1. The summed E-state index contributed by atoms with van der Waals surface area (Å²) in [6.07, 6.45) is 8.82. The lowest BCUT2D eigenvalue weighted by atomic mass is 10.1. The van der Waals surface area contributed by atoms with Crippen molar-refractivity contribution < 1.29 is 14.6 Å². The monoisotopic (exact) mass is 432 g/mol. The molecule has 3 aromatic rings. The van der Waals surface area contributed by atoms with Crippen molar-refractivity contribution in [3.8, 4) is 5.75 Å². The van der Waals surface area contributed by atoms with E-state index in [9.17, 15) is 9.90 Å². The molecule has 1 aromatic heterocycles. The van der Waals surface area contributed by atoms with E-state index in [0.29, 0.717) is 25.3 Å². The predicted molar refractivity (Wildman–Crippen MR) is 129 cm³/mol. The van der Waals surface area contributed by atoms with Crippen molar-refractivity contribution in [2.24, 2.45) is 0 Å². The van der Waals surface area contributed by atoms with Gasteiger partial charge in [-0.15, -0.1) is 0 Å². The maximum absolute atomic E-state index is 12.6. The number of benzene rings is 2. The van der Waals surface area contributed by atoms with Crippen LogP contribution in [0.1, 0.15) is 42.1 Å². The fourth-order valence-corrected chi connectivity index (χ4v) is 4.43. The Kier molecular flexibility index (Phi) is 7.40. The van der Waals surface area contributed by atoms with Crippen molar-refractivity contribution >= 4 is 22.8 Å². The molecule has 0 radical (unpaired) electrons. The highest BCUT2D eigenvalue weighted by molar-refractivity contribution is 6.07. The number of aromatic nitrogens is 1. The van der Waals surface area contributed by atoms with Crippen molar-refractivity contribution in [1.29, 1.82) is 0 Å². The van der Waals surface area contributed by atoms with E-state index in [1.54, 1.807) is 18.2 Å². The van der Waals surface area contributed by atoms with Gasteiger partial charge in [-0.3, -0.25) is 4.79 Å². The van der Waals surface area contributed by atoms with Crippen molar-refractivity contribution in [2.75, 3.05) is 26.2 Å². The number of likely N-dealkylation sites (tertiary alicyclic amines) is 1. The van der Waals surface area contributed by atoms with E-state index in [4.69, 9.17) is 4.74 Å². The van der Waals surface area contributed by atoms with E-state index < -0.39 is 6.10 Å². The molecule has 1 aliphatic heterocycles. The van der Waals surface area contributed by atoms with Crippen LogP contribution in [0, 0.1) is 0 Å². The van der Waals surface area contributed by atoms with E-state index >= 15 is 0 Å². The van der Waals surface area contributed by atoms with Gasteiger partial charge in [0.2, 0.25) is 0 Å². The molecule has 168 valence electrons. The second kappa shape index (κ2) is 10.6. The van der Waals surface area contributed by atoms with Crippen LogP contribution in [0.15, 0.2) is 60.8 Å². The van der Waals surface area contributed by atoms with E-state index in [-0.39, 0.29) is 5.78 Å². The van der Waals surface area contributed by atoms with Gasteiger partial charge >= 0.3 is 0 Å². The molecule has 0 unspecified atom stereocenters. The van der Waals surface area contributed by atoms with Crippen molar-refractivity contribution in [3.63, 3.8) is 0 Å². The van der Waals surface area contributed by atoms with Crippen LogP contribution in [0.25, 0.3) is 17.0 Å². The zero-order chi connectivity index (χ0) is 22.3. The fraction of sp³-hybridized carbons (Fsp3) is 0.370. The topological polar surface area (TPSA) is 54.7 Å². The predicted octanol–water partition coefficient (Wildman–Crippen LogP) is 4.78. The number of β-amino-alcohol motifs (C(OH)–C–C–N with tert-alkyl or cyclic N) is 1. The molecule has 5 heteroatoms. The highest BCUT2D eigenvalue weighted by Gasteiger charge is 2.16. The zero-order valence-electron chi connectivity index (χ0n) is 18.7. The van der Waals surface area contributed by atoms with Crippen LogP contribution in [0.4, 0.5) is 0 Å². The summed E-state index contributed by atoms with van der Waals surface area (Å²) in [4.78, 5) is 15.0. The smallest absolute Gasteiger partial charge is 0.185 e. The summed E-state index contributed by atoms with van der Waals surface area (Å²) >= 11 is 0. The average molecular weight is 433 g/mol. The SMILES string of the molecule is CCOc1ccc(C(=O)/C=C/c2cn(C[C@@H](O)CN3CCCCC3)c3ccccc23)cc1. The summed E-state index contributed by atoms with van der Waals surface area (Å²) in [5.74, 6) is 0.717. The summed E-state index contributed by atoms with van der Waals surface area (Å²) in [6.45, 7) is 5.93. The van der Waals surface area contributed by atoms with E-state index in [0.717, 1.165) is 35.3 Å². The van der Waals surface area contributed by atoms with Gasteiger partial charge in [0.05, 0.1) is 12.7 Å². The number of piperidine rings is 1. The third-order valence-corrected chi connectivity index (χ3v) is 6.01. The molecule has 5 nitrogen and oxygen atoms in total. The molecule has 32 heavy (non-hydrogen) atoms. The summed E-state index contributed by atoms with van der Waals surface area (Å²) < 4.78 is 7.55. The first-order valence-corrected chi connectivity index (χ1v) is 11.6. The lowest BCUT2D eigenvalue weighted by molar-refractivity contribution is 0.0892. The first-order chi connectivity index (χ1) is 15.6. The molecule has 4 rings (SSSR count). The molecule has 1 aliphatic rings. The fourth-order valence-electron chi connectivity index (χ4n) is 4.43. The van der Waals surface area contributed by atoms with E-state index in [1.807, 2.05) is 43.5 Å². The standard InChI is InChI=1S/C27H32N2O3/c1-2-32-24-13-10-21(11-14-24)27(31)15-12-22-18-29(26-9-5-4-8-25(22)26)20-23(30)19-28-16-6-3-7-17-28/h4-5,8-15,18,23,30H,2-3,6-7,16-17,19-20H2,1H3/b15-12+/t23-/m0/s1. The molecule has 1 fully saturated rings. The van der Waals surface area contributed by atoms with Crippen molar-refractivity contribution in [2.45, 2.75) is 38.8 Å². The van der Waals surface area contributed by atoms with E-state index in [1.165, 1.54) is 19.3 Å². The minimum atomic E-state index is -0.425. The highest BCUT2D eigenvalue weighted by Crippen LogP contribution is 2.24. The second-order valence-corrected chi connectivity index (χ2v) is 8.42. The Morgan fingerprint density at radius 2 is 1.81 bits per heavy atom. The number of carbonyl (C=O) groups is 1. The number of ketones is 1. The minimum Gasteiger partial charge on any atom is -0.494 e.